The number of halogens is 1. The highest BCUT2D eigenvalue weighted by Gasteiger charge is 2.50. The summed E-state index contributed by atoms with van der Waals surface area (Å²) in [4.78, 5) is 23.0. The van der Waals surface area contributed by atoms with Gasteiger partial charge < -0.3 is 10.4 Å². The van der Waals surface area contributed by atoms with Gasteiger partial charge in [0.15, 0.2) is 5.69 Å². The molecular weight excluding hydrogens is 314 g/mol. The molecule has 0 bridgehead atoms. The van der Waals surface area contributed by atoms with Crippen molar-refractivity contribution in [3.63, 3.8) is 0 Å². The van der Waals surface area contributed by atoms with Gasteiger partial charge >= 0.3 is 5.97 Å². The predicted octanol–water partition coefficient (Wildman–Crippen LogP) is 1.64. The molecule has 2 saturated carbocycles. The van der Waals surface area contributed by atoms with Gasteiger partial charge in [-0.25, -0.2) is 0 Å². The van der Waals surface area contributed by atoms with Crippen molar-refractivity contribution in [3.8, 4) is 0 Å². The summed E-state index contributed by atoms with van der Waals surface area (Å²) in [5.41, 5.74) is 0.519. The number of rotatable bonds is 5. The van der Waals surface area contributed by atoms with Gasteiger partial charge in [-0.05, 0) is 41.6 Å². The standard InChI is InChI=1S/C12H14BrN3O3/c13-7-8(6-1-2-6)15-16-9(7)10(17)14-5-12(3-4-12)11(18)19/h6H,1-5H2,(H,14,17)(H,15,16)(H,18,19). The summed E-state index contributed by atoms with van der Waals surface area (Å²) in [6.45, 7) is 0.166. The molecule has 2 aliphatic rings. The highest BCUT2D eigenvalue weighted by atomic mass is 79.9. The van der Waals surface area contributed by atoms with Gasteiger partial charge in [0.05, 0.1) is 15.6 Å². The third-order valence-corrected chi connectivity index (χ3v) is 4.63. The van der Waals surface area contributed by atoms with Crippen LogP contribution in [-0.4, -0.2) is 33.7 Å². The van der Waals surface area contributed by atoms with E-state index >= 15 is 0 Å². The van der Waals surface area contributed by atoms with E-state index in [2.05, 4.69) is 31.4 Å². The lowest BCUT2D eigenvalue weighted by molar-refractivity contribution is -0.143. The van der Waals surface area contributed by atoms with Gasteiger partial charge in [-0.3, -0.25) is 14.7 Å². The molecule has 0 saturated heterocycles. The van der Waals surface area contributed by atoms with Crippen molar-refractivity contribution in [2.75, 3.05) is 6.54 Å². The molecule has 7 heteroatoms. The largest absolute Gasteiger partial charge is 0.481 e. The Morgan fingerprint density at radius 3 is 2.68 bits per heavy atom. The zero-order valence-electron chi connectivity index (χ0n) is 10.2. The minimum Gasteiger partial charge on any atom is -0.481 e. The van der Waals surface area contributed by atoms with E-state index in [1.165, 1.54) is 0 Å². The Labute approximate surface area is 118 Å². The molecular formula is C12H14BrN3O3. The second kappa shape index (κ2) is 4.33. The Kier molecular flexibility index (Phi) is 2.88. The molecule has 1 amide bonds. The second-order valence-corrected chi connectivity index (χ2v) is 6.14. The maximum Gasteiger partial charge on any atom is 0.311 e. The maximum atomic E-state index is 12.0. The lowest BCUT2D eigenvalue weighted by Crippen LogP contribution is -2.34. The average Bonchev–Trinajstić information content (AvgIpc) is 3.26. The van der Waals surface area contributed by atoms with Crippen LogP contribution in [0.2, 0.25) is 0 Å². The van der Waals surface area contributed by atoms with Crippen molar-refractivity contribution >= 4 is 27.8 Å². The quantitative estimate of drug-likeness (QED) is 0.766. The Bertz CT molecular complexity index is 546. The first kappa shape index (κ1) is 12.7. The molecule has 0 radical (unpaired) electrons. The summed E-state index contributed by atoms with van der Waals surface area (Å²) in [7, 11) is 0. The lowest BCUT2D eigenvalue weighted by atomic mass is 10.1. The first-order valence-electron chi connectivity index (χ1n) is 6.29. The molecule has 19 heavy (non-hydrogen) atoms. The van der Waals surface area contributed by atoms with Crippen LogP contribution < -0.4 is 5.32 Å². The topological polar surface area (TPSA) is 95.1 Å². The van der Waals surface area contributed by atoms with Gasteiger partial charge in [0.25, 0.3) is 5.91 Å². The van der Waals surface area contributed by atoms with Gasteiger partial charge in [-0.2, -0.15) is 5.10 Å². The molecule has 0 spiro atoms. The number of aliphatic carboxylic acids is 1. The fraction of sp³-hybridized carbons (Fsp3) is 0.583. The van der Waals surface area contributed by atoms with E-state index in [1.54, 1.807) is 0 Å². The van der Waals surface area contributed by atoms with Gasteiger partial charge in [0.1, 0.15) is 0 Å². The highest BCUT2D eigenvalue weighted by molar-refractivity contribution is 9.10. The zero-order chi connectivity index (χ0) is 13.6. The maximum absolute atomic E-state index is 12.0. The third kappa shape index (κ3) is 2.27. The molecule has 1 aromatic rings. The van der Waals surface area contributed by atoms with Gasteiger partial charge in [-0.1, -0.05) is 0 Å². The molecule has 2 aliphatic carbocycles. The summed E-state index contributed by atoms with van der Waals surface area (Å²) in [5.74, 6) is -0.702. The molecule has 2 fully saturated rings. The zero-order valence-corrected chi connectivity index (χ0v) is 11.8. The van der Waals surface area contributed by atoms with Crippen LogP contribution in [0.1, 0.15) is 47.8 Å². The SMILES string of the molecule is O=C(NCC1(C(=O)O)CC1)c1n[nH]c(C2CC2)c1Br. The van der Waals surface area contributed by atoms with Crippen LogP contribution in [0.15, 0.2) is 4.47 Å². The normalized spacial score (nSPS) is 20.1. The van der Waals surface area contributed by atoms with Crippen LogP contribution in [0.3, 0.4) is 0 Å². The van der Waals surface area contributed by atoms with E-state index in [0.717, 1.165) is 18.5 Å². The number of nitrogens with zero attached hydrogens (tertiary/aromatic N) is 1. The number of hydrogen-bond acceptors (Lipinski definition) is 3. The Balaban J connectivity index is 1.66. The van der Waals surface area contributed by atoms with Gasteiger partial charge in [0.2, 0.25) is 0 Å². The number of carboxylic acid groups (broad SMARTS) is 1. The van der Waals surface area contributed by atoms with Crippen LogP contribution >= 0.6 is 15.9 Å². The number of carboxylic acids is 1. The summed E-state index contributed by atoms with van der Waals surface area (Å²) in [6.07, 6.45) is 3.48. The van der Waals surface area contributed by atoms with E-state index in [4.69, 9.17) is 5.11 Å². The fourth-order valence-corrected chi connectivity index (χ4v) is 2.77. The molecule has 6 nitrogen and oxygen atoms in total. The van der Waals surface area contributed by atoms with Gasteiger partial charge in [-0.15, -0.1) is 0 Å². The number of aromatic amines is 1. The average molecular weight is 328 g/mol. The molecule has 3 rings (SSSR count). The highest BCUT2D eigenvalue weighted by Crippen LogP contribution is 2.45. The molecule has 0 atom stereocenters. The number of aromatic nitrogens is 2. The first-order valence-corrected chi connectivity index (χ1v) is 7.08. The van der Waals surface area contributed by atoms with E-state index in [1.807, 2.05) is 0 Å². The monoisotopic (exact) mass is 327 g/mol. The van der Waals surface area contributed by atoms with Crippen LogP contribution in [0, 0.1) is 5.41 Å². The molecule has 1 heterocycles. The molecule has 3 N–H and O–H groups in total. The summed E-state index contributed by atoms with van der Waals surface area (Å²) < 4.78 is 0.702. The molecule has 102 valence electrons. The molecule has 1 aromatic heterocycles. The lowest BCUT2D eigenvalue weighted by Gasteiger charge is -2.10. The van der Waals surface area contributed by atoms with E-state index < -0.39 is 11.4 Å². The predicted molar refractivity (Wildman–Crippen MR) is 69.9 cm³/mol. The fourth-order valence-electron chi connectivity index (χ4n) is 2.09. The second-order valence-electron chi connectivity index (χ2n) is 5.34. The van der Waals surface area contributed by atoms with E-state index in [0.29, 0.717) is 28.9 Å². The van der Waals surface area contributed by atoms with Crippen LogP contribution in [0.5, 0.6) is 0 Å². The van der Waals surface area contributed by atoms with Crippen molar-refractivity contribution in [2.24, 2.45) is 5.41 Å². The molecule has 0 aromatic carbocycles. The van der Waals surface area contributed by atoms with Crippen molar-refractivity contribution in [2.45, 2.75) is 31.6 Å². The van der Waals surface area contributed by atoms with Crippen LogP contribution in [0.25, 0.3) is 0 Å². The van der Waals surface area contributed by atoms with Crippen molar-refractivity contribution in [3.05, 3.63) is 15.9 Å². The minimum atomic E-state index is -0.840. The Hall–Kier alpha value is -1.37. The summed E-state index contributed by atoms with van der Waals surface area (Å²) >= 11 is 3.39. The number of nitrogens with one attached hydrogen (secondary N) is 2. The van der Waals surface area contributed by atoms with Crippen LogP contribution in [-0.2, 0) is 4.79 Å². The Morgan fingerprint density at radius 1 is 1.47 bits per heavy atom. The summed E-state index contributed by atoms with van der Waals surface area (Å²) in [6, 6.07) is 0. The number of amides is 1. The van der Waals surface area contributed by atoms with Crippen molar-refractivity contribution < 1.29 is 14.7 Å². The van der Waals surface area contributed by atoms with Crippen molar-refractivity contribution in [1.82, 2.24) is 15.5 Å². The third-order valence-electron chi connectivity index (χ3n) is 3.83. The minimum absolute atomic E-state index is 0.166. The van der Waals surface area contributed by atoms with Crippen LogP contribution in [0.4, 0.5) is 0 Å². The molecule has 0 unspecified atom stereocenters. The first-order chi connectivity index (χ1) is 9.03. The Morgan fingerprint density at radius 2 is 2.16 bits per heavy atom. The van der Waals surface area contributed by atoms with Gasteiger partial charge in [0, 0.05) is 12.5 Å². The smallest absolute Gasteiger partial charge is 0.311 e. The summed E-state index contributed by atoms with van der Waals surface area (Å²) in [5, 5.41) is 18.6. The molecule has 0 aliphatic heterocycles. The van der Waals surface area contributed by atoms with E-state index in [9.17, 15) is 9.59 Å². The number of H-pyrrole nitrogens is 1. The number of carbonyl (C=O) groups is 2. The number of carbonyl (C=O) groups excluding carboxylic acids is 1. The number of hydrogen-bond donors (Lipinski definition) is 3. The van der Waals surface area contributed by atoms with E-state index in [-0.39, 0.29) is 12.5 Å². The van der Waals surface area contributed by atoms with Crippen molar-refractivity contribution in [1.29, 1.82) is 0 Å².